The highest BCUT2D eigenvalue weighted by Crippen LogP contribution is 2.22. The van der Waals surface area contributed by atoms with Crippen LogP contribution in [0.5, 0.6) is 5.75 Å². The summed E-state index contributed by atoms with van der Waals surface area (Å²) in [6, 6.07) is 3.92. The van der Waals surface area contributed by atoms with Crippen molar-refractivity contribution < 1.29 is 13.9 Å². The van der Waals surface area contributed by atoms with Gasteiger partial charge in [-0.2, -0.15) is 5.26 Å². The molecular weight excluding hydrogens is 221 g/mol. The number of hydrogen-bond acceptors (Lipinski definition) is 3. The number of hydrogen-bond donors (Lipinski definition) is 0. The summed E-state index contributed by atoms with van der Waals surface area (Å²) in [5.41, 5.74) is 0.0321. The van der Waals surface area contributed by atoms with Gasteiger partial charge in [0.25, 0.3) is 0 Å². The van der Waals surface area contributed by atoms with Crippen molar-refractivity contribution in [2.24, 2.45) is 0 Å². The molecular formula is C10H7ClFNO2. The normalized spacial score (nSPS) is 9.47. The minimum Gasteiger partial charge on any atom is -0.494 e. The third kappa shape index (κ3) is 2.25. The van der Waals surface area contributed by atoms with Gasteiger partial charge < -0.3 is 4.74 Å². The second kappa shape index (κ2) is 4.76. The number of Topliss-reactive ketones (excluding diaryl/α,β-unsaturated/α-hetero) is 1. The first-order chi connectivity index (χ1) is 7.13. The second-order valence-electron chi connectivity index (χ2n) is 2.70. The number of nitriles is 1. The minimum absolute atomic E-state index is 0.0224. The van der Waals surface area contributed by atoms with E-state index in [1.807, 2.05) is 0 Å². The molecule has 1 rings (SSSR count). The number of carbonyl (C=O) groups is 1. The number of alkyl halides is 1. The number of methoxy groups -OCH3 is 1. The molecule has 0 atom stereocenters. The van der Waals surface area contributed by atoms with E-state index in [2.05, 4.69) is 4.74 Å². The predicted molar refractivity (Wildman–Crippen MR) is 52.7 cm³/mol. The van der Waals surface area contributed by atoms with Crippen LogP contribution in [0.2, 0.25) is 0 Å². The molecule has 1 aromatic carbocycles. The Kier molecular flexibility index (Phi) is 3.64. The zero-order valence-corrected chi connectivity index (χ0v) is 8.64. The van der Waals surface area contributed by atoms with E-state index in [1.165, 1.54) is 13.2 Å². The summed E-state index contributed by atoms with van der Waals surface area (Å²) < 4.78 is 17.9. The Hall–Kier alpha value is -1.60. The van der Waals surface area contributed by atoms with Crippen LogP contribution in [0.25, 0.3) is 0 Å². The molecule has 0 bridgehead atoms. The van der Waals surface area contributed by atoms with E-state index in [4.69, 9.17) is 16.9 Å². The van der Waals surface area contributed by atoms with E-state index in [0.717, 1.165) is 6.07 Å². The van der Waals surface area contributed by atoms with Crippen LogP contribution < -0.4 is 4.74 Å². The summed E-state index contributed by atoms with van der Waals surface area (Å²) in [5.74, 6) is -1.54. The Labute approximate surface area is 91.0 Å². The first-order valence-corrected chi connectivity index (χ1v) is 4.54. The summed E-state index contributed by atoms with van der Waals surface area (Å²) >= 11 is 5.33. The van der Waals surface area contributed by atoms with Crippen molar-refractivity contribution in [3.05, 3.63) is 29.1 Å². The first-order valence-electron chi connectivity index (χ1n) is 4.00. The molecule has 0 aliphatic carbocycles. The van der Waals surface area contributed by atoms with Gasteiger partial charge in [-0.15, -0.1) is 11.6 Å². The van der Waals surface area contributed by atoms with E-state index < -0.39 is 11.6 Å². The second-order valence-corrected chi connectivity index (χ2v) is 2.97. The highest BCUT2D eigenvalue weighted by Gasteiger charge is 2.15. The van der Waals surface area contributed by atoms with Crippen molar-refractivity contribution in [2.45, 2.75) is 0 Å². The molecule has 1 aromatic rings. The molecule has 3 nitrogen and oxygen atoms in total. The minimum atomic E-state index is -0.690. The maximum absolute atomic E-state index is 13.2. The molecule has 0 spiro atoms. The largest absolute Gasteiger partial charge is 0.494 e. The van der Waals surface area contributed by atoms with E-state index in [-0.39, 0.29) is 22.8 Å². The Balaban J connectivity index is 3.35. The lowest BCUT2D eigenvalue weighted by molar-refractivity contribution is 0.102. The van der Waals surface area contributed by atoms with Crippen molar-refractivity contribution in [1.29, 1.82) is 5.26 Å². The lowest BCUT2D eigenvalue weighted by Crippen LogP contribution is -2.05. The molecule has 0 aliphatic rings. The number of nitrogens with zero attached hydrogens (tertiary/aromatic N) is 1. The standard InChI is InChI=1S/C10H7ClFNO2/c1-15-10-2-6(5-13)7(3-8(10)12)9(14)4-11/h2-3H,4H2,1H3. The topological polar surface area (TPSA) is 50.1 Å². The SMILES string of the molecule is COc1cc(C#N)c(C(=O)CCl)cc1F. The van der Waals surface area contributed by atoms with Crippen LogP contribution in [0.15, 0.2) is 12.1 Å². The quantitative estimate of drug-likeness (QED) is 0.587. The molecule has 0 fully saturated rings. The average molecular weight is 228 g/mol. The lowest BCUT2D eigenvalue weighted by Gasteiger charge is -2.05. The molecule has 78 valence electrons. The lowest BCUT2D eigenvalue weighted by atomic mass is 10.0. The molecule has 0 heterocycles. The first kappa shape index (κ1) is 11.5. The molecule has 0 amide bonds. The Morgan fingerprint density at radius 2 is 2.33 bits per heavy atom. The summed E-state index contributed by atoms with van der Waals surface area (Å²) in [6.07, 6.45) is 0. The molecule has 0 saturated heterocycles. The van der Waals surface area contributed by atoms with Crippen LogP contribution in [0.1, 0.15) is 15.9 Å². The van der Waals surface area contributed by atoms with Crippen molar-refractivity contribution in [1.82, 2.24) is 0 Å². The zero-order valence-electron chi connectivity index (χ0n) is 7.88. The fourth-order valence-corrected chi connectivity index (χ4v) is 1.25. The molecule has 0 aliphatic heterocycles. The number of benzene rings is 1. The van der Waals surface area contributed by atoms with E-state index >= 15 is 0 Å². The zero-order chi connectivity index (χ0) is 11.4. The fourth-order valence-electron chi connectivity index (χ4n) is 1.11. The molecule has 0 saturated carbocycles. The number of ether oxygens (including phenoxy) is 1. The van der Waals surface area contributed by atoms with Gasteiger partial charge in [-0.3, -0.25) is 4.79 Å². The van der Waals surface area contributed by atoms with Gasteiger partial charge in [0.1, 0.15) is 6.07 Å². The highest BCUT2D eigenvalue weighted by molar-refractivity contribution is 6.30. The van der Waals surface area contributed by atoms with Gasteiger partial charge in [0.15, 0.2) is 17.3 Å². The van der Waals surface area contributed by atoms with E-state index in [0.29, 0.717) is 0 Å². The molecule has 0 aromatic heterocycles. The van der Waals surface area contributed by atoms with E-state index in [1.54, 1.807) is 6.07 Å². The summed E-state index contributed by atoms with van der Waals surface area (Å²) in [6.45, 7) is 0. The van der Waals surface area contributed by atoms with Crippen LogP contribution >= 0.6 is 11.6 Å². The van der Waals surface area contributed by atoms with Crippen molar-refractivity contribution >= 4 is 17.4 Å². The van der Waals surface area contributed by atoms with Crippen LogP contribution in [0, 0.1) is 17.1 Å². The van der Waals surface area contributed by atoms with Gasteiger partial charge in [0, 0.05) is 11.6 Å². The Bertz CT molecular complexity index is 440. The van der Waals surface area contributed by atoms with Crippen LogP contribution in [-0.2, 0) is 0 Å². The number of carbonyl (C=O) groups excluding carboxylic acids is 1. The van der Waals surface area contributed by atoms with Gasteiger partial charge in [0.05, 0.1) is 18.6 Å². The third-order valence-corrected chi connectivity index (χ3v) is 2.08. The molecule has 0 N–H and O–H groups in total. The van der Waals surface area contributed by atoms with Crippen LogP contribution in [-0.4, -0.2) is 18.8 Å². The van der Waals surface area contributed by atoms with E-state index in [9.17, 15) is 9.18 Å². The highest BCUT2D eigenvalue weighted by atomic mass is 35.5. The monoisotopic (exact) mass is 227 g/mol. The Morgan fingerprint density at radius 3 is 2.80 bits per heavy atom. The summed E-state index contributed by atoms with van der Waals surface area (Å²) in [7, 11) is 1.28. The fraction of sp³-hybridized carbons (Fsp3) is 0.200. The molecule has 0 unspecified atom stereocenters. The van der Waals surface area contributed by atoms with Crippen molar-refractivity contribution in [3.63, 3.8) is 0 Å². The summed E-state index contributed by atoms with van der Waals surface area (Å²) in [5, 5.41) is 8.75. The maximum atomic E-state index is 13.2. The molecule has 0 radical (unpaired) electrons. The van der Waals surface area contributed by atoms with Gasteiger partial charge >= 0.3 is 0 Å². The molecule has 5 heteroatoms. The van der Waals surface area contributed by atoms with Gasteiger partial charge in [0.2, 0.25) is 0 Å². The van der Waals surface area contributed by atoms with Gasteiger partial charge in [-0.1, -0.05) is 0 Å². The number of halogens is 2. The van der Waals surface area contributed by atoms with Crippen LogP contribution in [0.4, 0.5) is 4.39 Å². The van der Waals surface area contributed by atoms with Gasteiger partial charge in [-0.05, 0) is 6.07 Å². The van der Waals surface area contributed by atoms with Crippen molar-refractivity contribution in [2.75, 3.05) is 13.0 Å². The van der Waals surface area contributed by atoms with Gasteiger partial charge in [-0.25, -0.2) is 4.39 Å². The smallest absolute Gasteiger partial charge is 0.179 e. The third-order valence-electron chi connectivity index (χ3n) is 1.83. The van der Waals surface area contributed by atoms with Crippen LogP contribution in [0.3, 0.4) is 0 Å². The predicted octanol–water partition coefficient (Wildman–Crippen LogP) is 2.13. The summed E-state index contributed by atoms with van der Waals surface area (Å²) in [4.78, 5) is 11.3. The average Bonchev–Trinajstić information content (AvgIpc) is 2.27. The molecule has 15 heavy (non-hydrogen) atoms. The number of ketones is 1. The number of rotatable bonds is 3. The Morgan fingerprint density at radius 1 is 1.67 bits per heavy atom. The maximum Gasteiger partial charge on any atom is 0.179 e. The van der Waals surface area contributed by atoms with Crippen molar-refractivity contribution in [3.8, 4) is 11.8 Å².